The maximum Gasteiger partial charge on any atom is 0.360 e. The minimum atomic E-state index is -1.30. The van der Waals surface area contributed by atoms with Crippen molar-refractivity contribution in [2.75, 3.05) is 18.1 Å². The molecule has 35 heavy (non-hydrogen) atoms. The summed E-state index contributed by atoms with van der Waals surface area (Å²) in [6.45, 7) is 2.77. The molecule has 1 aliphatic rings. The first-order valence-electron chi connectivity index (χ1n) is 10.6. The highest BCUT2D eigenvalue weighted by atomic mass is 32.2. The average molecular weight is 505 g/mol. The molecule has 12 nitrogen and oxygen atoms in total. The highest BCUT2D eigenvalue weighted by Crippen LogP contribution is 2.30. The number of nitrogens with one attached hydrogen (secondary N) is 1. The second kappa shape index (κ2) is 10.9. The van der Waals surface area contributed by atoms with Crippen LogP contribution in [-0.4, -0.2) is 65.9 Å². The van der Waals surface area contributed by atoms with Gasteiger partial charge in [-0.1, -0.05) is 12.1 Å². The number of rotatable bonds is 8. The summed E-state index contributed by atoms with van der Waals surface area (Å²) < 4.78 is 16.0. The molecule has 6 N–H and O–H groups in total. The van der Waals surface area contributed by atoms with Crippen LogP contribution in [0.2, 0.25) is 0 Å². The fourth-order valence-electron chi connectivity index (χ4n) is 3.29. The van der Waals surface area contributed by atoms with Crippen molar-refractivity contribution in [3.8, 4) is 23.3 Å². The van der Waals surface area contributed by atoms with E-state index in [1.165, 1.54) is 13.8 Å². The number of nitriles is 1. The maximum atomic E-state index is 12.9. The van der Waals surface area contributed by atoms with Crippen molar-refractivity contribution >= 4 is 28.9 Å². The lowest BCUT2D eigenvalue weighted by molar-refractivity contribution is -0.137. The van der Waals surface area contributed by atoms with E-state index >= 15 is 0 Å². The van der Waals surface area contributed by atoms with Gasteiger partial charge >= 0.3 is 5.97 Å². The van der Waals surface area contributed by atoms with Gasteiger partial charge in [-0.25, -0.2) is 15.3 Å². The highest BCUT2D eigenvalue weighted by Gasteiger charge is 2.44. The van der Waals surface area contributed by atoms with E-state index in [1.807, 2.05) is 6.07 Å². The van der Waals surface area contributed by atoms with E-state index in [1.54, 1.807) is 24.3 Å². The van der Waals surface area contributed by atoms with Crippen LogP contribution in [0.15, 0.2) is 24.3 Å². The number of aliphatic carboxylic acids is 1. The average Bonchev–Trinajstić information content (AvgIpc) is 2.79. The smallest absolute Gasteiger partial charge is 0.360 e. The van der Waals surface area contributed by atoms with Crippen LogP contribution in [0.4, 0.5) is 5.82 Å². The summed E-state index contributed by atoms with van der Waals surface area (Å²) >= 11 is -1.30. The number of carboxylic acid groups (broad SMARTS) is 1. The van der Waals surface area contributed by atoms with Crippen molar-refractivity contribution < 1.29 is 33.9 Å². The number of anilines is 1. The van der Waals surface area contributed by atoms with Crippen molar-refractivity contribution in [3.05, 3.63) is 35.4 Å². The fraction of sp³-hybridized carbons (Fsp3) is 0.409. The Kier molecular flexibility index (Phi) is 8.13. The summed E-state index contributed by atoms with van der Waals surface area (Å²) in [4.78, 5) is 38.0. The summed E-state index contributed by atoms with van der Waals surface area (Å²) in [5.74, 6) is -2.09. The van der Waals surface area contributed by atoms with Gasteiger partial charge < -0.3 is 20.7 Å². The van der Waals surface area contributed by atoms with Crippen molar-refractivity contribution in [1.29, 1.82) is 5.26 Å². The number of hydrogen-bond donors (Lipinski definition) is 5. The van der Waals surface area contributed by atoms with E-state index < -0.39 is 40.0 Å². The van der Waals surface area contributed by atoms with Crippen molar-refractivity contribution in [1.82, 2.24) is 15.4 Å². The molecule has 0 spiro atoms. The number of carbonyl (C=O) groups is 2. The quantitative estimate of drug-likeness (QED) is 0.255. The number of ether oxygens (including phenoxy) is 1. The first-order valence-corrected chi connectivity index (χ1v) is 12.0. The largest absolute Gasteiger partial charge is 0.477 e. The fourth-order valence-corrected chi connectivity index (χ4v) is 4.74. The third-order valence-electron chi connectivity index (χ3n) is 4.98. The first kappa shape index (κ1) is 26.2. The van der Waals surface area contributed by atoms with Crippen LogP contribution in [-0.2, 0) is 20.8 Å². The molecule has 0 bridgehead atoms. The zero-order valence-electron chi connectivity index (χ0n) is 19.1. The number of nitrogen functional groups attached to an aromatic ring is 1. The lowest BCUT2D eigenvalue weighted by atomic mass is 10.1. The zero-order valence-corrected chi connectivity index (χ0v) is 19.9. The molecule has 1 aromatic carbocycles. The van der Waals surface area contributed by atoms with Crippen molar-refractivity contribution in [3.63, 3.8) is 0 Å². The SMILES string of the molecule is CC(C)(O)CONC(=O)c1c(N)nc(-c2cccc(C#N)c2)nc1O[C@@H]1CC[S+](O)C(C(=O)O)C1. The van der Waals surface area contributed by atoms with Gasteiger partial charge in [-0.2, -0.15) is 14.8 Å². The molecule has 1 aromatic heterocycles. The summed E-state index contributed by atoms with van der Waals surface area (Å²) in [5.41, 5.74) is 7.64. The molecule has 0 saturated carbocycles. The Hall–Kier alpha value is -3.44. The van der Waals surface area contributed by atoms with Gasteiger partial charge in [0.15, 0.2) is 17.0 Å². The standard InChI is InChI=1S/C22H25N5O7S/c1-22(2,31)11-33-27-19(28)16-17(24)25-18(13-5-3-4-12(8-13)10-23)26-20(16)34-14-6-7-35(32)15(9-14)21(29)30/h3-5,8,14-15,31-32H,6-7,9,11H2,1-2H3,(H3-,24,25,26,27,28,29,30)/p+1/t14-,15?,35?/m1/s1. The van der Waals surface area contributed by atoms with E-state index in [0.29, 0.717) is 17.5 Å². The van der Waals surface area contributed by atoms with E-state index in [9.17, 15) is 29.6 Å². The normalized spacial score (nSPS) is 20.0. The monoisotopic (exact) mass is 504 g/mol. The van der Waals surface area contributed by atoms with Crippen LogP contribution in [0, 0.1) is 11.3 Å². The summed E-state index contributed by atoms with van der Waals surface area (Å²) in [6, 6.07) is 8.46. The molecule has 3 rings (SSSR count). The molecule has 1 aliphatic heterocycles. The van der Waals surface area contributed by atoms with E-state index in [-0.39, 0.29) is 41.9 Å². The highest BCUT2D eigenvalue weighted by molar-refractivity contribution is 7.92. The zero-order chi connectivity index (χ0) is 25.8. The number of nitrogens with zero attached hydrogens (tertiary/aromatic N) is 3. The predicted molar refractivity (Wildman–Crippen MR) is 126 cm³/mol. The first-order chi connectivity index (χ1) is 16.5. The minimum absolute atomic E-state index is 0.00830. The molecule has 0 radical (unpaired) electrons. The number of hydroxylamine groups is 1. The molecular weight excluding hydrogens is 478 g/mol. The number of amides is 1. The number of benzene rings is 1. The number of carbonyl (C=O) groups excluding carboxylic acids is 1. The Morgan fingerprint density at radius 3 is 2.77 bits per heavy atom. The van der Waals surface area contributed by atoms with Gasteiger partial charge in [-0.15, -0.1) is 0 Å². The third-order valence-corrected chi connectivity index (χ3v) is 6.68. The van der Waals surface area contributed by atoms with Crippen LogP contribution in [0.3, 0.4) is 0 Å². The molecule has 1 fully saturated rings. The van der Waals surface area contributed by atoms with E-state index in [2.05, 4.69) is 15.4 Å². The number of hydrogen-bond acceptors (Lipinski definition) is 10. The molecule has 1 amide bonds. The maximum absolute atomic E-state index is 12.9. The molecule has 1 saturated heterocycles. The summed E-state index contributed by atoms with van der Waals surface area (Å²) in [6.07, 6.45) is -0.319. The second-order valence-electron chi connectivity index (χ2n) is 8.53. The Balaban J connectivity index is 1.96. The van der Waals surface area contributed by atoms with Crippen LogP contribution < -0.4 is 16.0 Å². The van der Waals surface area contributed by atoms with Crippen LogP contribution in [0.1, 0.15) is 42.6 Å². The van der Waals surface area contributed by atoms with Crippen molar-refractivity contribution in [2.24, 2.45) is 0 Å². The lowest BCUT2D eigenvalue weighted by Crippen LogP contribution is -2.42. The second-order valence-corrected chi connectivity index (χ2v) is 10.3. The number of carboxylic acids is 1. The number of aromatic nitrogens is 2. The Morgan fingerprint density at radius 1 is 1.37 bits per heavy atom. The van der Waals surface area contributed by atoms with Gasteiger partial charge in [0.05, 0.1) is 17.2 Å². The molecule has 186 valence electrons. The summed E-state index contributed by atoms with van der Waals surface area (Å²) in [7, 11) is 0. The van der Waals surface area contributed by atoms with Gasteiger partial charge in [0.1, 0.15) is 29.8 Å². The lowest BCUT2D eigenvalue weighted by Gasteiger charge is -2.25. The van der Waals surface area contributed by atoms with Crippen LogP contribution >= 0.6 is 0 Å². The molecule has 2 heterocycles. The van der Waals surface area contributed by atoms with Crippen LogP contribution in [0.5, 0.6) is 5.88 Å². The third kappa shape index (κ3) is 6.80. The predicted octanol–water partition coefficient (Wildman–Crippen LogP) is 1.12. The molecule has 13 heteroatoms. The molecular formula is C22H26N5O7S+. The topological polar surface area (TPSA) is 201 Å². The van der Waals surface area contributed by atoms with Crippen molar-refractivity contribution in [2.45, 2.75) is 43.6 Å². The summed E-state index contributed by atoms with van der Waals surface area (Å²) in [5, 5.41) is 27.4. The number of nitrogens with two attached hydrogens (primary N) is 1. The Morgan fingerprint density at radius 2 is 2.11 bits per heavy atom. The van der Waals surface area contributed by atoms with Gasteiger partial charge in [-0.3, -0.25) is 9.63 Å². The van der Waals surface area contributed by atoms with Gasteiger partial charge in [-0.05, 0) is 26.0 Å². The Bertz CT molecular complexity index is 1150. The van der Waals surface area contributed by atoms with Gasteiger partial charge in [0, 0.05) is 18.4 Å². The number of aliphatic hydroxyl groups is 1. The minimum Gasteiger partial charge on any atom is -0.477 e. The molecule has 0 aliphatic carbocycles. The Labute approximate surface area is 204 Å². The molecule has 2 aromatic rings. The van der Waals surface area contributed by atoms with Gasteiger partial charge in [0.25, 0.3) is 5.91 Å². The van der Waals surface area contributed by atoms with Gasteiger partial charge in [0.2, 0.25) is 11.1 Å². The van der Waals surface area contributed by atoms with Crippen LogP contribution in [0.25, 0.3) is 11.4 Å². The van der Waals surface area contributed by atoms with E-state index in [0.717, 1.165) is 0 Å². The molecule has 3 atom stereocenters. The molecule has 2 unspecified atom stereocenters. The van der Waals surface area contributed by atoms with E-state index in [4.69, 9.17) is 15.3 Å².